The maximum atomic E-state index is 13.4. The molecule has 1 fully saturated rings. The molecule has 0 saturated carbocycles. The number of carbonyl (C=O) groups is 1. The number of hydrogen-bond donors (Lipinski definition) is 1. The molecule has 1 atom stereocenters. The van der Waals surface area contributed by atoms with E-state index >= 15 is 0 Å². The van der Waals surface area contributed by atoms with Crippen molar-refractivity contribution in [2.75, 3.05) is 26.3 Å². The Morgan fingerprint density at radius 3 is 2.71 bits per heavy atom. The number of rotatable bonds is 6. The van der Waals surface area contributed by atoms with Crippen LogP contribution in [0.4, 0.5) is 0 Å². The van der Waals surface area contributed by atoms with Gasteiger partial charge in [-0.25, -0.2) is 0 Å². The molecular weight excluding hydrogens is 520 g/mol. The third kappa shape index (κ3) is 5.17. The zero-order valence-electron chi connectivity index (χ0n) is 20.7. The summed E-state index contributed by atoms with van der Waals surface area (Å²) in [4.78, 5) is 20.0. The largest absolute Gasteiger partial charge is 0.482 e. The lowest BCUT2D eigenvalue weighted by Gasteiger charge is -2.31. The fraction of sp³-hybridized carbons (Fsp3) is 0.276. The van der Waals surface area contributed by atoms with Gasteiger partial charge in [-0.3, -0.25) is 14.7 Å². The predicted octanol–water partition coefficient (Wildman–Crippen LogP) is 5.32. The minimum atomic E-state index is -0.232. The lowest BCUT2D eigenvalue weighted by molar-refractivity contribution is 0.0341. The van der Waals surface area contributed by atoms with Gasteiger partial charge in [0.25, 0.3) is 5.91 Å². The fourth-order valence-electron chi connectivity index (χ4n) is 5.05. The quantitative estimate of drug-likeness (QED) is 0.330. The van der Waals surface area contributed by atoms with E-state index in [4.69, 9.17) is 33.3 Å². The molecule has 7 nitrogen and oxygen atoms in total. The van der Waals surface area contributed by atoms with Crippen molar-refractivity contribution in [1.29, 1.82) is 0 Å². The van der Waals surface area contributed by atoms with Gasteiger partial charge in [0.2, 0.25) is 0 Å². The van der Waals surface area contributed by atoms with Crippen LogP contribution in [0.25, 0.3) is 10.9 Å². The van der Waals surface area contributed by atoms with E-state index in [0.717, 1.165) is 66.2 Å². The van der Waals surface area contributed by atoms with Crippen LogP contribution in [0.15, 0.2) is 67.1 Å². The molecule has 2 aromatic heterocycles. The smallest absolute Gasteiger partial charge is 0.254 e. The number of ether oxygens (including phenoxy) is 2. The molecule has 4 aromatic rings. The molecule has 4 heterocycles. The van der Waals surface area contributed by atoms with E-state index in [0.29, 0.717) is 28.2 Å². The van der Waals surface area contributed by atoms with Crippen LogP contribution in [0.5, 0.6) is 5.75 Å². The number of nitrogens with one attached hydrogen (secondary N) is 1. The number of morpholine rings is 1. The second kappa shape index (κ2) is 10.8. The van der Waals surface area contributed by atoms with Crippen LogP contribution in [0.1, 0.15) is 33.2 Å². The molecule has 2 aliphatic heterocycles. The number of hydrogen-bond acceptors (Lipinski definition) is 6. The summed E-state index contributed by atoms with van der Waals surface area (Å²) in [6.45, 7) is 4.89. The van der Waals surface area contributed by atoms with Crippen LogP contribution in [-0.4, -0.2) is 46.7 Å². The summed E-state index contributed by atoms with van der Waals surface area (Å²) < 4.78 is 14.7. The molecule has 2 aliphatic rings. The average Bonchev–Trinajstić information content (AvgIpc) is 2.95. The zero-order chi connectivity index (χ0) is 26.1. The van der Waals surface area contributed by atoms with Crippen molar-refractivity contribution in [3.8, 4) is 5.75 Å². The van der Waals surface area contributed by atoms with Crippen molar-refractivity contribution >= 4 is 40.6 Å². The predicted molar refractivity (Wildman–Crippen MR) is 149 cm³/mol. The number of carbonyl (C=O) groups excluding carboxylic acids is 1. The van der Waals surface area contributed by atoms with Crippen molar-refractivity contribution < 1.29 is 14.3 Å². The Kier molecular flexibility index (Phi) is 7.12. The van der Waals surface area contributed by atoms with Crippen molar-refractivity contribution in [3.63, 3.8) is 0 Å². The van der Waals surface area contributed by atoms with Crippen molar-refractivity contribution in [2.45, 2.75) is 25.7 Å². The Bertz CT molecular complexity index is 1540. The van der Waals surface area contributed by atoms with E-state index in [1.807, 2.05) is 48.8 Å². The molecule has 0 spiro atoms. The Morgan fingerprint density at radius 1 is 1.13 bits per heavy atom. The lowest BCUT2D eigenvalue weighted by Crippen LogP contribution is -2.35. The van der Waals surface area contributed by atoms with Gasteiger partial charge in [0.05, 0.1) is 35.3 Å². The standard InChI is InChI=1S/C29H27ClN4O3S/c30-22-5-3-19(4-6-22)14-32-29(35)24-17-34-18-26(21-2-1-7-31-15-21)37-25-13-20(12-23(27(25)34)28(24)38)16-33-8-10-36-11-9-33/h1-7,12-13,15,17,26H,8-11,14,16,18H2,(H,32,35). The summed E-state index contributed by atoms with van der Waals surface area (Å²) in [5.41, 5.74) is 4.42. The van der Waals surface area contributed by atoms with Crippen LogP contribution in [0.2, 0.25) is 5.02 Å². The molecule has 1 N–H and O–H groups in total. The second-order valence-electron chi connectivity index (χ2n) is 9.60. The number of aromatic nitrogens is 2. The zero-order valence-corrected chi connectivity index (χ0v) is 22.3. The highest BCUT2D eigenvalue weighted by Crippen LogP contribution is 2.38. The van der Waals surface area contributed by atoms with Crippen LogP contribution < -0.4 is 10.1 Å². The Hall–Kier alpha value is -3.30. The summed E-state index contributed by atoms with van der Waals surface area (Å²) in [7, 11) is 0. The number of benzene rings is 2. The molecular formula is C29H27ClN4O3S. The third-order valence-electron chi connectivity index (χ3n) is 7.00. The molecule has 2 aromatic carbocycles. The van der Waals surface area contributed by atoms with Gasteiger partial charge in [-0.15, -0.1) is 0 Å². The highest BCUT2D eigenvalue weighted by atomic mass is 35.5. The van der Waals surface area contributed by atoms with E-state index in [-0.39, 0.29) is 12.0 Å². The molecule has 0 bridgehead atoms. The molecule has 6 rings (SSSR count). The maximum absolute atomic E-state index is 13.4. The first-order chi connectivity index (χ1) is 18.5. The lowest BCUT2D eigenvalue weighted by atomic mass is 10.0. The molecule has 38 heavy (non-hydrogen) atoms. The first kappa shape index (κ1) is 25.0. The number of nitrogens with zero attached hydrogens (tertiary/aromatic N) is 3. The highest BCUT2D eigenvalue weighted by Gasteiger charge is 2.26. The molecule has 9 heteroatoms. The SMILES string of the molecule is O=C(NCc1ccc(Cl)cc1)c1cn2c3c(cc(CN4CCOCC4)cc3c1=S)OC(c1cccnc1)C2. The second-order valence-corrected chi connectivity index (χ2v) is 10.4. The number of pyridine rings is 2. The van der Waals surface area contributed by atoms with Crippen LogP contribution >= 0.6 is 23.8 Å². The van der Waals surface area contributed by atoms with Gasteiger partial charge in [0.15, 0.2) is 0 Å². The minimum Gasteiger partial charge on any atom is -0.482 e. The van der Waals surface area contributed by atoms with Gasteiger partial charge in [-0.1, -0.05) is 42.0 Å². The Labute approximate surface area is 231 Å². The third-order valence-corrected chi connectivity index (χ3v) is 7.70. The maximum Gasteiger partial charge on any atom is 0.254 e. The van der Waals surface area contributed by atoms with Crippen molar-refractivity contribution in [3.05, 3.63) is 98.9 Å². The van der Waals surface area contributed by atoms with Crippen LogP contribution in [0, 0.1) is 4.51 Å². The van der Waals surface area contributed by atoms with Gasteiger partial charge in [-0.05, 0) is 41.5 Å². The Balaban J connectivity index is 1.38. The summed E-state index contributed by atoms with van der Waals surface area (Å²) >= 11 is 11.9. The summed E-state index contributed by atoms with van der Waals surface area (Å²) in [5, 5.41) is 4.53. The number of amides is 1. The molecule has 1 unspecified atom stereocenters. The molecule has 0 radical (unpaired) electrons. The summed E-state index contributed by atoms with van der Waals surface area (Å²) in [5.74, 6) is 0.560. The average molecular weight is 547 g/mol. The van der Waals surface area contributed by atoms with E-state index < -0.39 is 0 Å². The highest BCUT2D eigenvalue weighted by molar-refractivity contribution is 7.71. The molecule has 194 valence electrons. The van der Waals surface area contributed by atoms with Crippen LogP contribution in [-0.2, 0) is 24.4 Å². The summed E-state index contributed by atoms with van der Waals surface area (Å²) in [6, 6.07) is 15.6. The van der Waals surface area contributed by atoms with Crippen molar-refractivity contribution in [2.24, 2.45) is 0 Å². The van der Waals surface area contributed by atoms with E-state index in [9.17, 15) is 4.79 Å². The molecule has 1 amide bonds. The van der Waals surface area contributed by atoms with Gasteiger partial charge in [0.1, 0.15) is 11.9 Å². The minimum absolute atomic E-state index is 0.208. The van der Waals surface area contributed by atoms with Gasteiger partial charge >= 0.3 is 0 Å². The van der Waals surface area contributed by atoms with Crippen LogP contribution in [0.3, 0.4) is 0 Å². The summed E-state index contributed by atoms with van der Waals surface area (Å²) in [6.07, 6.45) is 5.20. The molecule has 1 saturated heterocycles. The topological polar surface area (TPSA) is 68.6 Å². The van der Waals surface area contributed by atoms with Gasteiger partial charge < -0.3 is 19.4 Å². The number of halogens is 1. The van der Waals surface area contributed by atoms with Gasteiger partial charge in [0, 0.05) is 60.7 Å². The first-order valence-corrected chi connectivity index (χ1v) is 13.4. The van der Waals surface area contributed by atoms with E-state index in [2.05, 4.69) is 31.9 Å². The molecule has 0 aliphatic carbocycles. The van der Waals surface area contributed by atoms with Crippen molar-refractivity contribution in [1.82, 2.24) is 19.8 Å². The normalized spacial score (nSPS) is 17.2. The monoisotopic (exact) mass is 546 g/mol. The first-order valence-electron chi connectivity index (χ1n) is 12.6. The van der Waals surface area contributed by atoms with E-state index in [1.54, 1.807) is 6.20 Å². The van der Waals surface area contributed by atoms with E-state index in [1.165, 1.54) is 0 Å². The Morgan fingerprint density at radius 2 is 1.95 bits per heavy atom. The van der Waals surface area contributed by atoms with Gasteiger partial charge in [-0.2, -0.15) is 0 Å². The fourth-order valence-corrected chi connectivity index (χ4v) is 5.48.